The lowest BCUT2D eigenvalue weighted by molar-refractivity contribution is -0.144. The Balaban J connectivity index is 1.73. The largest absolute Gasteiger partial charge is 0.510 e. The number of amides is 1. The molecule has 0 saturated carbocycles. The molecule has 2 aromatic rings. The lowest BCUT2D eigenvalue weighted by Crippen LogP contribution is -2.65. The smallest absolute Gasteiger partial charge is 0.255 e. The molecule has 10 heteroatoms. The van der Waals surface area contributed by atoms with Crippen LogP contribution in [0.15, 0.2) is 46.9 Å². The Labute approximate surface area is 219 Å². The summed E-state index contributed by atoms with van der Waals surface area (Å²) in [6.07, 6.45) is 0.418. The summed E-state index contributed by atoms with van der Waals surface area (Å²) < 4.78 is 0. The molecule has 0 spiro atoms. The second kappa shape index (κ2) is 8.50. The van der Waals surface area contributed by atoms with Gasteiger partial charge in [-0.1, -0.05) is 6.07 Å². The van der Waals surface area contributed by atoms with Gasteiger partial charge in [-0.2, -0.15) is 0 Å². The van der Waals surface area contributed by atoms with Gasteiger partial charge in [0.05, 0.1) is 17.3 Å². The number of aliphatic hydroxyl groups excluding tert-OH is 1. The molecule has 0 radical (unpaired) electrons. The Kier molecular flexibility index (Phi) is 5.73. The number of nitrogens with zero attached hydrogens (tertiary/aromatic N) is 2. The van der Waals surface area contributed by atoms with E-state index in [4.69, 9.17) is 11.5 Å². The molecule has 0 saturated heterocycles. The molecule has 38 heavy (non-hydrogen) atoms. The van der Waals surface area contributed by atoms with Crippen molar-refractivity contribution in [3.8, 4) is 16.9 Å². The molecule has 1 heterocycles. The van der Waals surface area contributed by atoms with Gasteiger partial charge in [0.1, 0.15) is 17.1 Å². The summed E-state index contributed by atoms with van der Waals surface area (Å²) in [5, 5.41) is 33.5. The number of ketones is 2. The van der Waals surface area contributed by atoms with Gasteiger partial charge in [-0.3, -0.25) is 24.3 Å². The summed E-state index contributed by atoms with van der Waals surface area (Å²) in [6, 6.07) is 6.05. The maximum atomic E-state index is 13.9. The quantitative estimate of drug-likeness (QED) is 0.373. The third-order valence-corrected chi connectivity index (χ3v) is 8.08. The van der Waals surface area contributed by atoms with Crippen LogP contribution in [0.1, 0.15) is 33.7 Å². The third-order valence-electron chi connectivity index (χ3n) is 8.08. The second-order valence-electron chi connectivity index (χ2n) is 10.7. The average molecular weight is 519 g/mol. The van der Waals surface area contributed by atoms with E-state index in [2.05, 4.69) is 4.98 Å². The number of phenols is 1. The van der Waals surface area contributed by atoms with Gasteiger partial charge in [-0.25, -0.2) is 0 Å². The fraction of sp³-hybridized carbons (Fsp3) is 0.357. The van der Waals surface area contributed by atoms with E-state index in [1.165, 1.54) is 6.07 Å². The predicted molar refractivity (Wildman–Crippen MR) is 138 cm³/mol. The predicted octanol–water partition coefficient (Wildman–Crippen LogP) is 1.20. The van der Waals surface area contributed by atoms with Crippen LogP contribution in [0.2, 0.25) is 0 Å². The topological polar surface area (TPSA) is 180 Å². The van der Waals surface area contributed by atoms with Gasteiger partial charge in [0, 0.05) is 22.9 Å². The van der Waals surface area contributed by atoms with Crippen LogP contribution < -0.4 is 11.5 Å². The highest BCUT2D eigenvalue weighted by molar-refractivity contribution is 6.25. The summed E-state index contributed by atoms with van der Waals surface area (Å²) in [7, 11) is 3.27. The van der Waals surface area contributed by atoms with Gasteiger partial charge in [-0.05, 0) is 81.6 Å². The number of aliphatic hydroxyl groups is 2. The van der Waals surface area contributed by atoms with Crippen molar-refractivity contribution in [3.05, 3.63) is 69.4 Å². The molecule has 3 aliphatic carbocycles. The fourth-order valence-electron chi connectivity index (χ4n) is 6.59. The third kappa shape index (κ3) is 3.40. The van der Waals surface area contributed by atoms with Crippen LogP contribution in [0.4, 0.5) is 0 Å². The number of phenolic OH excluding ortho intramolecular Hbond substituents is 1. The van der Waals surface area contributed by atoms with Gasteiger partial charge in [0.2, 0.25) is 5.78 Å². The molecular formula is C28H30N4O6. The Morgan fingerprint density at radius 3 is 2.34 bits per heavy atom. The number of fused-ring (bicyclic) bond motifs is 3. The first kappa shape index (κ1) is 25.6. The highest BCUT2D eigenvalue weighted by Gasteiger charge is 2.62. The molecule has 0 bridgehead atoms. The number of Topliss-reactive ketones (excluding diaryl/α,β-unsaturated/α-hetero) is 2. The molecule has 0 aliphatic heterocycles. The zero-order valence-electron chi connectivity index (χ0n) is 21.6. The zero-order chi connectivity index (χ0) is 27.8. The first-order valence-corrected chi connectivity index (χ1v) is 12.3. The van der Waals surface area contributed by atoms with E-state index in [0.717, 1.165) is 22.5 Å². The lowest BCUT2D eigenvalue weighted by Gasteiger charge is -2.51. The van der Waals surface area contributed by atoms with E-state index < -0.39 is 52.3 Å². The normalized spacial score (nSPS) is 26.8. The molecule has 7 N–H and O–H groups in total. The minimum Gasteiger partial charge on any atom is -0.510 e. The number of carbonyl (C=O) groups is 3. The number of aromatic nitrogens is 1. The standard InChI is InChI=1S/C28H30N4O6/c1-11-7-13(8-12(2)31-11)15-5-6-18(33)20-16(15)9-14-10-17-22(32(3)4)24(35)21(27(30)37)26(36)28(17,38)25(29)19(14)23(20)34/h5-8,14,17,22,33,35,38H,9-10,29H2,1-4H3,(H2,30,37)/t14-,17-,22-,28-/m0/s1. The van der Waals surface area contributed by atoms with Crippen molar-refractivity contribution in [2.75, 3.05) is 14.1 Å². The number of benzene rings is 1. The summed E-state index contributed by atoms with van der Waals surface area (Å²) in [5.41, 5.74) is 12.2. The molecule has 10 nitrogen and oxygen atoms in total. The highest BCUT2D eigenvalue weighted by atomic mass is 16.3. The van der Waals surface area contributed by atoms with Crippen molar-refractivity contribution < 1.29 is 29.7 Å². The van der Waals surface area contributed by atoms with E-state index in [9.17, 15) is 29.7 Å². The van der Waals surface area contributed by atoms with Crippen molar-refractivity contribution in [2.24, 2.45) is 23.3 Å². The molecule has 5 rings (SSSR count). The van der Waals surface area contributed by atoms with Crippen LogP contribution in [-0.4, -0.2) is 68.4 Å². The molecule has 0 fully saturated rings. The number of hydrogen-bond acceptors (Lipinski definition) is 9. The Morgan fingerprint density at radius 1 is 1.13 bits per heavy atom. The number of hydrogen-bond donors (Lipinski definition) is 5. The summed E-state index contributed by atoms with van der Waals surface area (Å²) in [5.74, 6) is -5.14. The minimum atomic E-state index is -2.43. The molecule has 0 unspecified atom stereocenters. The summed E-state index contributed by atoms with van der Waals surface area (Å²) in [4.78, 5) is 45.5. The van der Waals surface area contributed by atoms with Crippen molar-refractivity contribution in [1.82, 2.24) is 9.88 Å². The second-order valence-corrected chi connectivity index (χ2v) is 10.7. The fourth-order valence-corrected chi connectivity index (χ4v) is 6.59. The number of likely N-dealkylation sites (N-methyl/N-ethyl adjacent to an activating group) is 1. The van der Waals surface area contributed by atoms with Crippen molar-refractivity contribution in [3.63, 3.8) is 0 Å². The van der Waals surface area contributed by atoms with Crippen molar-refractivity contribution in [1.29, 1.82) is 0 Å². The molecule has 198 valence electrons. The summed E-state index contributed by atoms with van der Waals surface area (Å²) in [6.45, 7) is 3.75. The number of primary amides is 1. The monoisotopic (exact) mass is 518 g/mol. The van der Waals surface area contributed by atoms with E-state index in [1.54, 1.807) is 25.1 Å². The minimum absolute atomic E-state index is 0.0295. The Bertz CT molecular complexity index is 1490. The van der Waals surface area contributed by atoms with E-state index in [0.29, 0.717) is 12.0 Å². The Morgan fingerprint density at radius 2 is 1.76 bits per heavy atom. The van der Waals surface area contributed by atoms with Crippen molar-refractivity contribution >= 4 is 17.5 Å². The maximum absolute atomic E-state index is 13.9. The van der Waals surface area contributed by atoms with Gasteiger partial charge < -0.3 is 26.8 Å². The van der Waals surface area contributed by atoms with Gasteiger partial charge in [-0.15, -0.1) is 0 Å². The Hall–Kier alpha value is -4.02. The van der Waals surface area contributed by atoms with E-state index in [-0.39, 0.29) is 29.0 Å². The van der Waals surface area contributed by atoms with Gasteiger partial charge in [0.15, 0.2) is 11.4 Å². The van der Waals surface area contributed by atoms with Crippen LogP contribution in [0.3, 0.4) is 0 Å². The SMILES string of the molecule is Cc1cc(-c2ccc(O)c3c2C[C@H]2C[C@H]4[C@H](N(C)C)C(O)=C(C(N)=O)C(=O)[C@@]4(O)C(N)=C2C3=O)cc(C)n1. The number of aromatic hydroxyl groups is 1. The van der Waals surface area contributed by atoms with Crippen LogP contribution in [0, 0.1) is 25.7 Å². The lowest BCUT2D eigenvalue weighted by atomic mass is 9.58. The average Bonchev–Trinajstić information content (AvgIpc) is 2.80. The number of carbonyl (C=O) groups excluding carboxylic acids is 3. The molecule has 1 amide bonds. The molecule has 1 aromatic carbocycles. The maximum Gasteiger partial charge on any atom is 0.255 e. The summed E-state index contributed by atoms with van der Waals surface area (Å²) >= 11 is 0. The van der Waals surface area contributed by atoms with Crippen LogP contribution in [0.5, 0.6) is 5.75 Å². The molecule has 1 aromatic heterocycles. The van der Waals surface area contributed by atoms with E-state index >= 15 is 0 Å². The zero-order valence-corrected chi connectivity index (χ0v) is 21.6. The number of rotatable bonds is 3. The van der Waals surface area contributed by atoms with E-state index in [1.807, 2.05) is 26.0 Å². The van der Waals surface area contributed by atoms with Gasteiger partial charge in [0.25, 0.3) is 5.91 Å². The number of allylic oxidation sites excluding steroid dienone is 1. The molecule has 4 atom stereocenters. The van der Waals surface area contributed by atoms with Crippen molar-refractivity contribution in [2.45, 2.75) is 38.3 Å². The first-order valence-electron chi connectivity index (χ1n) is 12.3. The molecular weight excluding hydrogens is 488 g/mol. The number of nitrogens with two attached hydrogens (primary N) is 2. The van der Waals surface area contributed by atoms with Crippen LogP contribution >= 0.6 is 0 Å². The number of pyridine rings is 1. The van der Waals surface area contributed by atoms with Crippen LogP contribution in [0.25, 0.3) is 11.1 Å². The van der Waals surface area contributed by atoms with Gasteiger partial charge >= 0.3 is 0 Å². The van der Waals surface area contributed by atoms with Crippen LogP contribution in [-0.2, 0) is 16.0 Å². The molecule has 3 aliphatic rings. The number of aryl methyl sites for hydroxylation is 2. The first-order chi connectivity index (χ1) is 17.8. The highest BCUT2D eigenvalue weighted by Crippen LogP contribution is 2.52.